The molecular formula is C14H21BrN2. The molecular weight excluding hydrogens is 276 g/mol. The Bertz CT molecular complexity index is 314. The highest BCUT2D eigenvalue weighted by Crippen LogP contribution is 2.04. The number of aliphatic imine (C=N–C) groups is 1. The Kier molecular flexibility index (Phi) is 10.9. The second kappa shape index (κ2) is 11.6. The van der Waals surface area contributed by atoms with Gasteiger partial charge in [0.25, 0.3) is 0 Å². The van der Waals surface area contributed by atoms with Gasteiger partial charge in [-0.05, 0) is 42.1 Å². The number of nitrogens with zero attached hydrogens (tertiary/aromatic N) is 1. The lowest BCUT2D eigenvalue weighted by atomic mass is 10.1. The van der Waals surface area contributed by atoms with E-state index in [9.17, 15) is 0 Å². The van der Waals surface area contributed by atoms with E-state index in [0.29, 0.717) is 0 Å². The predicted molar refractivity (Wildman–Crippen MR) is 81.5 cm³/mol. The minimum atomic E-state index is 0.171. The van der Waals surface area contributed by atoms with E-state index in [1.807, 2.05) is 31.4 Å². The van der Waals surface area contributed by atoms with Crippen molar-refractivity contribution >= 4 is 22.1 Å². The zero-order valence-corrected chi connectivity index (χ0v) is 11.9. The van der Waals surface area contributed by atoms with Crippen LogP contribution in [0, 0.1) is 0 Å². The zero-order chi connectivity index (χ0) is 12.9. The van der Waals surface area contributed by atoms with Crippen LogP contribution in [0.1, 0.15) is 26.2 Å². The van der Waals surface area contributed by atoms with Crippen LogP contribution in [0.5, 0.6) is 0 Å². The number of hydrogen-bond donors (Lipinski definition) is 1. The van der Waals surface area contributed by atoms with E-state index in [4.69, 9.17) is 5.73 Å². The summed E-state index contributed by atoms with van der Waals surface area (Å²) < 4.78 is 0.872. The summed E-state index contributed by atoms with van der Waals surface area (Å²) in [7, 11) is 0. The SMILES string of the molecule is C=C/C(Br)=C\N=CCC(N)CC/C=C\C=C/C. The smallest absolute Gasteiger partial charge is 0.0405 e. The average molecular weight is 297 g/mol. The van der Waals surface area contributed by atoms with Crippen molar-refractivity contribution in [3.63, 3.8) is 0 Å². The standard InChI is InChI=1S/C14H21BrN2/c1-3-5-6-7-8-9-14(16)10-11-17-12-13(15)4-2/h3-7,11-12,14H,2,8-10,16H2,1H3/b5-3-,7-6-,13-12+,17-11?. The number of rotatable bonds is 8. The maximum absolute atomic E-state index is 5.94. The molecule has 0 aromatic carbocycles. The molecule has 0 aliphatic rings. The lowest BCUT2D eigenvalue weighted by molar-refractivity contribution is 0.646. The van der Waals surface area contributed by atoms with Crippen LogP contribution >= 0.6 is 15.9 Å². The van der Waals surface area contributed by atoms with Gasteiger partial charge in [-0.3, -0.25) is 4.99 Å². The number of allylic oxidation sites excluding steroid dienone is 6. The Morgan fingerprint density at radius 1 is 1.47 bits per heavy atom. The summed E-state index contributed by atoms with van der Waals surface area (Å²) in [6.07, 6.45) is 16.2. The molecule has 0 amide bonds. The summed E-state index contributed by atoms with van der Waals surface area (Å²) in [6, 6.07) is 0.171. The van der Waals surface area contributed by atoms with Gasteiger partial charge in [0.05, 0.1) is 0 Å². The van der Waals surface area contributed by atoms with Crippen LogP contribution < -0.4 is 5.73 Å². The van der Waals surface area contributed by atoms with Gasteiger partial charge in [0.1, 0.15) is 0 Å². The van der Waals surface area contributed by atoms with E-state index in [1.165, 1.54) is 0 Å². The minimum absolute atomic E-state index is 0.171. The minimum Gasteiger partial charge on any atom is -0.327 e. The molecule has 0 aliphatic heterocycles. The molecule has 3 heteroatoms. The van der Waals surface area contributed by atoms with E-state index in [0.717, 1.165) is 23.7 Å². The second-order valence-electron chi connectivity index (χ2n) is 3.58. The predicted octanol–water partition coefficient (Wildman–Crippen LogP) is 4.11. The van der Waals surface area contributed by atoms with Crippen LogP contribution in [0.15, 0.2) is 52.6 Å². The normalized spacial score (nSPS) is 15.1. The topological polar surface area (TPSA) is 38.4 Å². The molecule has 0 radical (unpaired) electrons. The molecule has 0 fully saturated rings. The fraction of sp³-hybridized carbons (Fsp3) is 0.357. The number of nitrogens with two attached hydrogens (primary N) is 1. The van der Waals surface area contributed by atoms with Crippen molar-refractivity contribution in [1.82, 2.24) is 0 Å². The summed E-state index contributed by atoms with van der Waals surface area (Å²) in [5.41, 5.74) is 5.94. The van der Waals surface area contributed by atoms with Crippen molar-refractivity contribution in [2.75, 3.05) is 0 Å². The Labute approximate surface area is 113 Å². The summed E-state index contributed by atoms with van der Waals surface area (Å²) in [6.45, 7) is 5.61. The van der Waals surface area contributed by atoms with Gasteiger partial charge < -0.3 is 5.73 Å². The molecule has 0 aromatic heterocycles. The van der Waals surface area contributed by atoms with Gasteiger partial charge in [-0.1, -0.05) is 37.0 Å². The van der Waals surface area contributed by atoms with Crippen LogP contribution in [0.3, 0.4) is 0 Å². The summed E-state index contributed by atoms with van der Waals surface area (Å²) >= 11 is 3.29. The number of hydrogen-bond acceptors (Lipinski definition) is 2. The van der Waals surface area contributed by atoms with Gasteiger partial charge in [-0.25, -0.2) is 0 Å². The highest BCUT2D eigenvalue weighted by molar-refractivity contribution is 9.11. The molecule has 0 bridgehead atoms. The van der Waals surface area contributed by atoms with Crippen LogP contribution in [0.2, 0.25) is 0 Å². The third kappa shape index (κ3) is 11.3. The molecule has 1 atom stereocenters. The quantitative estimate of drug-likeness (QED) is 0.531. The molecule has 17 heavy (non-hydrogen) atoms. The summed E-state index contributed by atoms with van der Waals surface area (Å²) in [5.74, 6) is 0. The van der Waals surface area contributed by atoms with Crippen molar-refractivity contribution in [3.05, 3.63) is 47.6 Å². The van der Waals surface area contributed by atoms with Crippen molar-refractivity contribution in [2.24, 2.45) is 10.7 Å². The lowest BCUT2D eigenvalue weighted by Gasteiger charge is -2.05. The molecule has 0 rings (SSSR count). The maximum atomic E-state index is 5.94. The fourth-order valence-electron chi connectivity index (χ4n) is 1.09. The average Bonchev–Trinajstić information content (AvgIpc) is 2.34. The zero-order valence-electron chi connectivity index (χ0n) is 10.3. The maximum Gasteiger partial charge on any atom is 0.0405 e. The van der Waals surface area contributed by atoms with E-state index in [2.05, 4.69) is 33.6 Å². The van der Waals surface area contributed by atoms with E-state index in [-0.39, 0.29) is 6.04 Å². The van der Waals surface area contributed by atoms with E-state index < -0.39 is 0 Å². The van der Waals surface area contributed by atoms with Crippen molar-refractivity contribution < 1.29 is 0 Å². The first-order valence-corrected chi connectivity index (χ1v) is 6.53. The monoisotopic (exact) mass is 296 g/mol. The highest BCUT2D eigenvalue weighted by Gasteiger charge is 1.97. The van der Waals surface area contributed by atoms with E-state index in [1.54, 1.807) is 12.3 Å². The second-order valence-corrected chi connectivity index (χ2v) is 4.49. The van der Waals surface area contributed by atoms with Gasteiger partial charge in [0.2, 0.25) is 0 Å². The summed E-state index contributed by atoms with van der Waals surface area (Å²) in [5, 5.41) is 0. The summed E-state index contributed by atoms with van der Waals surface area (Å²) in [4.78, 5) is 4.13. The third-order valence-electron chi connectivity index (χ3n) is 2.05. The van der Waals surface area contributed by atoms with E-state index >= 15 is 0 Å². The third-order valence-corrected chi connectivity index (χ3v) is 2.58. The Morgan fingerprint density at radius 3 is 2.88 bits per heavy atom. The molecule has 94 valence electrons. The first-order chi connectivity index (χ1) is 8.20. The van der Waals surface area contributed by atoms with Crippen molar-refractivity contribution in [2.45, 2.75) is 32.2 Å². The number of halogens is 1. The largest absolute Gasteiger partial charge is 0.327 e. The van der Waals surface area contributed by atoms with Crippen molar-refractivity contribution in [1.29, 1.82) is 0 Å². The van der Waals surface area contributed by atoms with Gasteiger partial charge >= 0.3 is 0 Å². The first kappa shape index (κ1) is 16.1. The molecule has 0 saturated heterocycles. The molecule has 0 aromatic rings. The highest BCUT2D eigenvalue weighted by atomic mass is 79.9. The van der Waals surface area contributed by atoms with Crippen LogP contribution in [-0.4, -0.2) is 12.3 Å². The molecule has 1 unspecified atom stereocenters. The van der Waals surface area contributed by atoms with Crippen LogP contribution in [0.25, 0.3) is 0 Å². The van der Waals surface area contributed by atoms with Gasteiger partial charge in [-0.15, -0.1) is 0 Å². The van der Waals surface area contributed by atoms with Gasteiger partial charge in [-0.2, -0.15) is 0 Å². The molecule has 0 saturated carbocycles. The Morgan fingerprint density at radius 2 is 2.24 bits per heavy atom. The van der Waals surface area contributed by atoms with Crippen LogP contribution in [0.4, 0.5) is 0 Å². The van der Waals surface area contributed by atoms with Crippen molar-refractivity contribution in [3.8, 4) is 0 Å². The molecule has 0 spiro atoms. The Hall–Kier alpha value is -0.930. The first-order valence-electron chi connectivity index (χ1n) is 5.73. The molecule has 0 aliphatic carbocycles. The molecule has 2 nitrogen and oxygen atoms in total. The molecule has 2 N–H and O–H groups in total. The van der Waals surface area contributed by atoms with Gasteiger partial charge in [0.15, 0.2) is 0 Å². The molecule has 0 heterocycles. The Balaban J connectivity index is 3.72. The van der Waals surface area contributed by atoms with Gasteiger partial charge in [0, 0.05) is 22.9 Å². The fourth-order valence-corrected chi connectivity index (χ4v) is 1.21. The van der Waals surface area contributed by atoms with Crippen LogP contribution in [-0.2, 0) is 0 Å². The lowest BCUT2D eigenvalue weighted by Crippen LogP contribution is -2.19.